The van der Waals surface area contributed by atoms with E-state index in [0.29, 0.717) is 15.8 Å². The summed E-state index contributed by atoms with van der Waals surface area (Å²) in [5, 5.41) is 0. The minimum Gasteiger partial charge on any atom is -0.490 e. The molecule has 1 fully saturated rings. The molecule has 0 aliphatic carbocycles. The van der Waals surface area contributed by atoms with Gasteiger partial charge in [0.15, 0.2) is 0 Å². The van der Waals surface area contributed by atoms with Gasteiger partial charge >= 0.3 is 0 Å². The van der Waals surface area contributed by atoms with E-state index in [4.69, 9.17) is 4.74 Å². The Hall–Kier alpha value is -1.36. The summed E-state index contributed by atoms with van der Waals surface area (Å²) in [7, 11) is -7.95. The Labute approximate surface area is 168 Å². The lowest BCUT2D eigenvalue weighted by Gasteiger charge is -2.32. The van der Waals surface area contributed by atoms with Crippen LogP contribution < -0.4 is 9.21 Å². The Balaban J connectivity index is 2.07. The van der Waals surface area contributed by atoms with Gasteiger partial charge in [-0.15, -0.1) is 8.75 Å². The Bertz CT molecular complexity index is 862. The highest BCUT2D eigenvalue weighted by Crippen LogP contribution is 2.29. The van der Waals surface area contributed by atoms with Crippen LogP contribution >= 0.6 is 0 Å². The normalized spacial score (nSPS) is 16.9. The molecule has 10 heteroatoms. The largest absolute Gasteiger partial charge is 0.490 e. The van der Waals surface area contributed by atoms with Crippen LogP contribution in [0.1, 0.15) is 38.2 Å². The van der Waals surface area contributed by atoms with Crippen molar-refractivity contribution >= 4 is 25.8 Å². The average molecular weight is 435 g/mol. The van der Waals surface area contributed by atoms with Crippen molar-refractivity contribution in [2.24, 2.45) is 0 Å². The minimum absolute atomic E-state index is 0.112. The van der Waals surface area contributed by atoms with Gasteiger partial charge in [-0.05, 0) is 56.5 Å². The molecule has 0 amide bonds. The highest BCUT2D eigenvalue weighted by atomic mass is 32.2. The highest BCUT2D eigenvalue weighted by molar-refractivity contribution is 7.93. The van der Waals surface area contributed by atoms with Gasteiger partial charge in [-0.3, -0.25) is 0 Å². The Morgan fingerprint density at radius 1 is 1.14 bits per heavy atom. The predicted octanol–water partition coefficient (Wildman–Crippen LogP) is 2.30. The molecular weight excluding hydrogens is 404 g/mol. The smallest absolute Gasteiger partial charge is 0.286 e. The van der Waals surface area contributed by atoms with Crippen LogP contribution in [-0.2, 0) is 24.4 Å². The maximum atomic E-state index is 12.0. The van der Waals surface area contributed by atoms with Crippen molar-refractivity contribution in [2.45, 2.75) is 45.6 Å². The lowest BCUT2D eigenvalue weighted by molar-refractivity contribution is 0.0998. The lowest BCUT2D eigenvalue weighted by atomic mass is 10.1. The molecule has 0 spiro atoms. The van der Waals surface area contributed by atoms with Crippen LogP contribution in [0, 0.1) is 6.92 Å². The van der Waals surface area contributed by atoms with Crippen LogP contribution in [0.2, 0.25) is 0 Å². The van der Waals surface area contributed by atoms with Gasteiger partial charge in [-0.25, -0.2) is 8.42 Å². The van der Waals surface area contributed by atoms with E-state index >= 15 is 0 Å². The third-order valence-electron chi connectivity index (χ3n) is 4.53. The molecule has 1 aromatic carbocycles. The van der Waals surface area contributed by atoms with E-state index in [2.05, 4.69) is 16.1 Å². The van der Waals surface area contributed by atoms with Crippen molar-refractivity contribution in [1.29, 1.82) is 0 Å². The van der Waals surface area contributed by atoms with E-state index in [1.807, 2.05) is 0 Å². The maximum Gasteiger partial charge on any atom is 0.286 e. The fourth-order valence-electron chi connectivity index (χ4n) is 3.13. The predicted molar refractivity (Wildman–Crippen MR) is 109 cm³/mol. The van der Waals surface area contributed by atoms with E-state index in [1.165, 1.54) is 18.9 Å². The Kier molecular flexibility index (Phi) is 7.72. The van der Waals surface area contributed by atoms with Crippen molar-refractivity contribution in [1.82, 2.24) is 4.90 Å². The van der Waals surface area contributed by atoms with E-state index in [-0.39, 0.29) is 11.8 Å². The van der Waals surface area contributed by atoms with Crippen LogP contribution in [0.5, 0.6) is 5.75 Å². The van der Waals surface area contributed by atoms with Crippen LogP contribution in [0.15, 0.2) is 18.2 Å². The quantitative estimate of drug-likeness (QED) is 0.551. The summed E-state index contributed by atoms with van der Waals surface area (Å²) >= 11 is 0. The molecule has 2 rings (SSSR count). The molecule has 0 bridgehead atoms. The second-order valence-corrected chi connectivity index (χ2v) is 10.6. The number of piperidine rings is 1. The van der Waals surface area contributed by atoms with Gasteiger partial charge in [0.2, 0.25) is 0 Å². The first kappa shape index (κ1) is 22.9. The molecule has 0 N–H and O–H groups in total. The lowest BCUT2D eigenvalue weighted by Crippen LogP contribution is -2.38. The topological polar surface area (TPSA) is 93.2 Å². The number of sulfonamides is 1. The van der Waals surface area contributed by atoms with Crippen molar-refractivity contribution in [3.8, 4) is 5.75 Å². The standard InChI is InChI=1S/C18H30N2O6S2/c1-5-6-11-19-12-9-16(10-13-19)25-17-7-8-18(15(2)14-17)20(27(3,21)22)26-28(4,23)24/h7-8,14,16H,5-6,9-13H2,1-4H3. The number of hydrogen-bond acceptors (Lipinski definition) is 7. The molecule has 8 nitrogen and oxygen atoms in total. The zero-order valence-electron chi connectivity index (χ0n) is 16.9. The summed E-state index contributed by atoms with van der Waals surface area (Å²) in [5.74, 6) is 0.626. The number of hydrogen-bond donors (Lipinski definition) is 0. The molecule has 1 saturated heterocycles. The summed E-state index contributed by atoms with van der Waals surface area (Å²) in [6.45, 7) is 7.00. The maximum absolute atomic E-state index is 12.0. The zero-order chi connectivity index (χ0) is 20.9. The summed E-state index contributed by atoms with van der Waals surface area (Å²) in [6.07, 6.45) is 6.07. The first-order valence-electron chi connectivity index (χ1n) is 9.39. The van der Waals surface area contributed by atoms with E-state index in [9.17, 15) is 16.8 Å². The third-order valence-corrected chi connectivity index (χ3v) is 5.92. The number of rotatable bonds is 9. The van der Waals surface area contributed by atoms with E-state index in [1.54, 1.807) is 19.1 Å². The van der Waals surface area contributed by atoms with Gasteiger partial charge in [0.25, 0.3) is 20.1 Å². The molecule has 0 saturated carbocycles. The monoisotopic (exact) mass is 434 g/mol. The fraction of sp³-hybridized carbons (Fsp3) is 0.667. The molecule has 160 valence electrons. The minimum atomic E-state index is -4.01. The van der Waals surface area contributed by atoms with E-state index < -0.39 is 20.1 Å². The Morgan fingerprint density at radius 2 is 1.79 bits per heavy atom. The second kappa shape index (κ2) is 9.43. The molecule has 28 heavy (non-hydrogen) atoms. The van der Waals surface area contributed by atoms with Crippen molar-refractivity contribution in [3.63, 3.8) is 0 Å². The van der Waals surface area contributed by atoms with Crippen molar-refractivity contribution in [3.05, 3.63) is 23.8 Å². The van der Waals surface area contributed by atoms with Gasteiger partial charge in [0, 0.05) is 13.1 Å². The van der Waals surface area contributed by atoms with Gasteiger partial charge in [0.1, 0.15) is 11.9 Å². The van der Waals surface area contributed by atoms with Crippen LogP contribution in [0.4, 0.5) is 5.69 Å². The van der Waals surface area contributed by atoms with Crippen molar-refractivity contribution in [2.75, 3.05) is 36.6 Å². The fourth-order valence-corrected chi connectivity index (χ4v) is 4.79. The second-order valence-electron chi connectivity index (χ2n) is 7.23. The summed E-state index contributed by atoms with van der Waals surface area (Å²) in [5.41, 5.74) is 0.668. The van der Waals surface area contributed by atoms with Crippen LogP contribution in [0.25, 0.3) is 0 Å². The molecule has 0 radical (unpaired) electrons. The van der Waals surface area contributed by atoms with Gasteiger partial charge in [-0.1, -0.05) is 13.3 Å². The number of nitrogens with zero attached hydrogens (tertiary/aromatic N) is 2. The molecule has 0 aromatic heterocycles. The third kappa shape index (κ3) is 6.91. The average Bonchev–Trinajstić information content (AvgIpc) is 2.58. The number of anilines is 1. The number of ether oxygens (including phenoxy) is 1. The zero-order valence-corrected chi connectivity index (χ0v) is 18.6. The number of likely N-dealkylation sites (tertiary alicyclic amines) is 1. The molecule has 1 heterocycles. The molecule has 1 aliphatic heterocycles. The first-order valence-corrected chi connectivity index (χ1v) is 13.1. The van der Waals surface area contributed by atoms with Crippen molar-refractivity contribution < 1.29 is 25.9 Å². The van der Waals surface area contributed by atoms with Gasteiger partial charge in [0.05, 0.1) is 18.2 Å². The van der Waals surface area contributed by atoms with E-state index in [0.717, 1.165) is 45.0 Å². The van der Waals surface area contributed by atoms with Gasteiger partial charge < -0.3 is 9.64 Å². The molecular formula is C18H30N2O6S2. The first-order chi connectivity index (χ1) is 13.0. The number of unbranched alkanes of at least 4 members (excludes halogenated alkanes) is 1. The molecule has 1 aromatic rings. The van der Waals surface area contributed by atoms with Gasteiger partial charge in [-0.2, -0.15) is 8.42 Å². The summed E-state index contributed by atoms with van der Waals surface area (Å²) in [4.78, 5) is 2.45. The number of benzene rings is 1. The Morgan fingerprint density at radius 3 is 2.29 bits per heavy atom. The van der Waals surface area contributed by atoms with Crippen LogP contribution in [-0.4, -0.2) is 60.0 Å². The molecule has 0 atom stereocenters. The van der Waals surface area contributed by atoms with Crippen LogP contribution in [0.3, 0.4) is 0 Å². The SMILES string of the molecule is CCCCN1CCC(Oc2ccc(N(OS(C)(=O)=O)S(C)(=O)=O)c(C)c2)CC1. The molecule has 1 aliphatic rings. The summed E-state index contributed by atoms with van der Waals surface area (Å²) < 4.78 is 58.0. The number of aryl methyl sites for hydroxylation is 1. The molecule has 0 unspecified atom stereocenters. The summed E-state index contributed by atoms with van der Waals surface area (Å²) in [6, 6.07) is 4.82. The highest BCUT2D eigenvalue weighted by Gasteiger charge is 2.26.